The van der Waals surface area contributed by atoms with Crippen LogP contribution >= 0.6 is 0 Å². The summed E-state index contributed by atoms with van der Waals surface area (Å²) in [5, 5.41) is 0. The lowest BCUT2D eigenvalue weighted by Crippen LogP contribution is -2.03. The van der Waals surface area contributed by atoms with Crippen LogP contribution in [0.15, 0.2) is 36.4 Å². The molecule has 20 heavy (non-hydrogen) atoms. The smallest absolute Gasteiger partial charge is 0.131 e. The van der Waals surface area contributed by atoms with E-state index in [0.29, 0.717) is 28.5 Å². The quantitative estimate of drug-likeness (QED) is 0.854. The fraction of sp³-hybridized carbons (Fsp3) is 0.200. The monoisotopic (exact) mass is 277 g/mol. The third-order valence-electron chi connectivity index (χ3n) is 2.86. The van der Waals surface area contributed by atoms with Crippen LogP contribution in [-0.2, 0) is 6.61 Å². The molecule has 0 aliphatic rings. The van der Waals surface area contributed by atoms with E-state index in [2.05, 4.69) is 0 Å². The van der Waals surface area contributed by atoms with E-state index in [4.69, 9.17) is 19.9 Å². The SMILES string of the molecule is COc1cc(OC)cc(OCc2c(N)cccc2F)c1. The summed E-state index contributed by atoms with van der Waals surface area (Å²) in [5.41, 5.74) is 6.42. The van der Waals surface area contributed by atoms with Crippen molar-refractivity contribution in [3.63, 3.8) is 0 Å². The standard InChI is InChI=1S/C15H16FNO3/c1-18-10-6-11(19-2)8-12(7-10)20-9-13-14(16)4-3-5-15(13)17/h3-8H,9,17H2,1-2H3. The largest absolute Gasteiger partial charge is 0.496 e. The van der Waals surface area contributed by atoms with Crippen molar-refractivity contribution in [1.82, 2.24) is 0 Å². The van der Waals surface area contributed by atoms with Gasteiger partial charge in [0.15, 0.2) is 0 Å². The van der Waals surface area contributed by atoms with Gasteiger partial charge in [0.2, 0.25) is 0 Å². The van der Waals surface area contributed by atoms with E-state index >= 15 is 0 Å². The van der Waals surface area contributed by atoms with Gasteiger partial charge in [0.1, 0.15) is 29.7 Å². The lowest BCUT2D eigenvalue weighted by molar-refractivity contribution is 0.295. The molecule has 0 radical (unpaired) electrons. The summed E-state index contributed by atoms with van der Waals surface area (Å²) < 4.78 is 29.5. The van der Waals surface area contributed by atoms with Crippen LogP contribution in [-0.4, -0.2) is 14.2 Å². The maximum absolute atomic E-state index is 13.6. The molecule has 0 bridgehead atoms. The summed E-state index contributed by atoms with van der Waals surface area (Å²) in [5.74, 6) is 1.32. The van der Waals surface area contributed by atoms with Crippen molar-refractivity contribution in [1.29, 1.82) is 0 Å². The summed E-state index contributed by atoms with van der Waals surface area (Å²) in [6, 6.07) is 9.65. The number of nitrogen functional groups attached to an aromatic ring is 1. The molecule has 4 nitrogen and oxygen atoms in total. The molecular formula is C15H16FNO3. The average Bonchev–Trinajstić information content (AvgIpc) is 2.46. The Hall–Kier alpha value is -2.43. The third kappa shape index (κ3) is 3.12. The Kier molecular flexibility index (Phi) is 4.30. The van der Waals surface area contributed by atoms with Crippen LogP contribution in [0.1, 0.15) is 5.56 Å². The highest BCUT2D eigenvalue weighted by Gasteiger charge is 2.08. The number of nitrogens with two attached hydrogens (primary N) is 1. The molecule has 0 aromatic heterocycles. The Morgan fingerprint density at radius 3 is 2.15 bits per heavy atom. The Labute approximate surface area is 116 Å². The maximum Gasteiger partial charge on any atom is 0.131 e. The number of rotatable bonds is 5. The molecule has 2 N–H and O–H groups in total. The second-order valence-electron chi connectivity index (χ2n) is 4.14. The molecule has 106 valence electrons. The summed E-state index contributed by atoms with van der Waals surface area (Å²) >= 11 is 0. The van der Waals surface area contributed by atoms with Crippen molar-refractivity contribution >= 4 is 5.69 Å². The molecule has 2 aromatic carbocycles. The van der Waals surface area contributed by atoms with Crippen molar-refractivity contribution < 1.29 is 18.6 Å². The van der Waals surface area contributed by atoms with E-state index in [-0.39, 0.29) is 12.4 Å². The Bertz CT molecular complexity index is 559. The highest BCUT2D eigenvalue weighted by atomic mass is 19.1. The molecule has 2 aromatic rings. The number of ether oxygens (including phenoxy) is 3. The fourth-order valence-electron chi connectivity index (χ4n) is 1.75. The van der Waals surface area contributed by atoms with Gasteiger partial charge in [-0.2, -0.15) is 0 Å². The Morgan fingerprint density at radius 1 is 1.00 bits per heavy atom. The van der Waals surface area contributed by atoms with Gasteiger partial charge in [-0.1, -0.05) is 6.07 Å². The average molecular weight is 277 g/mol. The predicted molar refractivity (Wildman–Crippen MR) is 74.7 cm³/mol. The number of benzene rings is 2. The Morgan fingerprint density at radius 2 is 1.60 bits per heavy atom. The van der Waals surface area contributed by atoms with Gasteiger partial charge in [-0.05, 0) is 12.1 Å². The van der Waals surface area contributed by atoms with Crippen LogP contribution < -0.4 is 19.9 Å². The van der Waals surface area contributed by atoms with Crippen LogP contribution in [0.25, 0.3) is 0 Å². The van der Waals surface area contributed by atoms with Gasteiger partial charge >= 0.3 is 0 Å². The van der Waals surface area contributed by atoms with Crippen LogP contribution in [0.5, 0.6) is 17.2 Å². The van der Waals surface area contributed by atoms with E-state index in [1.165, 1.54) is 6.07 Å². The van der Waals surface area contributed by atoms with Gasteiger partial charge in [0.05, 0.1) is 14.2 Å². The minimum atomic E-state index is -0.389. The molecule has 0 unspecified atom stereocenters. The lowest BCUT2D eigenvalue weighted by atomic mass is 10.2. The molecule has 0 aliphatic heterocycles. The summed E-state index contributed by atoms with van der Waals surface area (Å²) in [6.07, 6.45) is 0. The normalized spacial score (nSPS) is 10.2. The predicted octanol–water partition coefficient (Wildman–Crippen LogP) is 3.00. The van der Waals surface area contributed by atoms with E-state index in [1.54, 1.807) is 44.6 Å². The van der Waals surface area contributed by atoms with E-state index in [1.807, 2.05) is 0 Å². The number of anilines is 1. The molecule has 0 atom stereocenters. The maximum atomic E-state index is 13.6. The van der Waals surface area contributed by atoms with Crippen LogP contribution in [0.3, 0.4) is 0 Å². The van der Waals surface area contributed by atoms with Gasteiger partial charge in [0, 0.05) is 29.4 Å². The van der Waals surface area contributed by atoms with Gasteiger partial charge in [-0.3, -0.25) is 0 Å². The summed E-state index contributed by atoms with van der Waals surface area (Å²) in [6.45, 7) is 0.0365. The second-order valence-corrected chi connectivity index (χ2v) is 4.14. The molecule has 2 rings (SSSR count). The molecule has 0 saturated heterocycles. The van der Waals surface area contributed by atoms with Crippen LogP contribution in [0.2, 0.25) is 0 Å². The number of hydrogen-bond acceptors (Lipinski definition) is 4. The van der Waals surface area contributed by atoms with Crippen molar-refractivity contribution in [2.75, 3.05) is 20.0 Å². The Balaban J connectivity index is 2.18. The van der Waals surface area contributed by atoms with Gasteiger partial charge < -0.3 is 19.9 Å². The topological polar surface area (TPSA) is 53.7 Å². The first kappa shape index (κ1) is 14.0. The zero-order chi connectivity index (χ0) is 14.5. The molecule has 5 heteroatoms. The first-order valence-corrected chi connectivity index (χ1v) is 6.02. The lowest BCUT2D eigenvalue weighted by Gasteiger charge is -2.12. The van der Waals surface area contributed by atoms with E-state index < -0.39 is 0 Å². The molecule has 0 heterocycles. The zero-order valence-corrected chi connectivity index (χ0v) is 11.4. The third-order valence-corrected chi connectivity index (χ3v) is 2.86. The van der Waals surface area contributed by atoms with Gasteiger partial charge in [-0.25, -0.2) is 4.39 Å². The van der Waals surface area contributed by atoms with Crippen LogP contribution in [0, 0.1) is 5.82 Å². The fourth-order valence-corrected chi connectivity index (χ4v) is 1.75. The molecule has 0 aliphatic carbocycles. The highest BCUT2D eigenvalue weighted by molar-refractivity contribution is 5.47. The van der Waals surface area contributed by atoms with E-state index in [9.17, 15) is 4.39 Å². The number of methoxy groups -OCH3 is 2. The minimum absolute atomic E-state index is 0.0365. The van der Waals surface area contributed by atoms with E-state index in [0.717, 1.165) is 0 Å². The minimum Gasteiger partial charge on any atom is -0.496 e. The summed E-state index contributed by atoms with van der Waals surface area (Å²) in [7, 11) is 3.10. The molecule has 0 amide bonds. The van der Waals surface area contributed by atoms with Crippen molar-refractivity contribution in [2.45, 2.75) is 6.61 Å². The zero-order valence-electron chi connectivity index (χ0n) is 11.4. The number of halogens is 1. The van der Waals surface area contributed by atoms with Crippen LogP contribution in [0.4, 0.5) is 10.1 Å². The highest BCUT2D eigenvalue weighted by Crippen LogP contribution is 2.28. The first-order chi connectivity index (χ1) is 9.63. The molecule has 0 fully saturated rings. The second kappa shape index (κ2) is 6.14. The first-order valence-electron chi connectivity index (χ1n) is 6.02. The molecule has 0 saturated carbocycles. The van der Waals surface area contributed by atoms with Gasteiger partial charge in [0.25, 0.3) is 0 Å². The van der Waals surface area contributed by atoms with Crippen molar-refractivity contribution in [3.8, 4) is 17.2 Å². The molecular weight excluding hydrogens is 261 g/mol. The summed E-state index contributed by atoms with van der Waals surface area (Å²) in [4.78, 5) is 0. The van der Waals surface area contributed by atoms with Gasteiger partial charge in [-0.15, -0.1) is 0 Å². The number of hydrogen-bond donors (Lipinski definition) is 1. The van der Waals surface area contributed by atoms with Crippen molar-refractivity contribution in [3.05, 3.63) is 47.8 Å². The molecule has 0 spiro atoms. The van der Waals surface area contributed by atoms with Crippen molar-refractivity contribution in [2.24, 2.45) is 0 Å².